The van der Waals surface area contributed by atoms with E-state index in [1.54, 1.807) is 6.92 Å². The predicted molar refractivity (Wildman–Crippen MR) is 71.6 cm³/mol. The van der Waals surface area contributed by atoms with Gasteiger partial charge in [-0.1, -0.05) is 0 Å². The number of sulfonamides is 1. The van der Waals surface area contributed by atoms with Crippen molar-refractivity contribution in [1.82, 2.24) is 4.72 Å². The summed E-state index contributed by atoms with van der Waals surface area (Å²) in [5.41, 5.74) is -0.397. The standard InChI is InChI=1S/C12H15NO7S/c1-3-20-11(15)6-13-21(18,19)10-5-8(12(16)17)9(14)4-7(10)2/h4-5,13-14H,3,6H2,1-2H3,(H,16,17). The first kappa shape index (κ1) is 16.9. The summed E-state index contributed by atoms with van der Waals surface area (Å²) < 4.78 is 30.7. The molecule has 0 fully saturated rings. The van der Waals surface area contributed by atoms with E-state index in [1.165, 1.54) is 6.92 Å². The fraction of sp³-hybridized carbons (Fsp3) is 0.333. The Morgan fingerprint density at radius 2 is 1.95 bits per heavy atom. The number of aromatic carboxylic acids is 1. The van der Waals surface area contributed by atoms with Crippen LogP contribution in [0.15, 0.2) is 17.0 Å². The van der Waals surface area contributed by atoms with Crippen LogP contribution in [-0.2, 0) is 19.6 Å². The topological polar surface area (TPSA) is 130 Å². The SMILES string of the molecule is CCOC(=O)CNS(=O)(=O)c1cc(C(=O)O)c(O)cc1C. The van der Waals surface area contributed by atoms with E-state index < -0.39 is 39.8 Å². The van der Waals surface area contributed by atoms with Crippen molar-refractivity contribution >= 4 is 22.0 Å². The number of phenols is 1. The normalized spacial score (nSPS) is 11.1. The van der Waals surface area contributed by atoms with Crippen molar-refractivity contribution in [2.24, 2.45) is 0 Å². The summed E-state index contributed by atoms with van der Waals surface area (Å²) in [5, 5.41) is 18.4. The van der Waals surface area contributed by atoms with Crippen LogP contribution in [0.3, 0.4) is 0 Å². The third kappa shape index (κ3) is 4.17. The summed E-state index contributed by atoms with van der Waals surface area (Å²) in [5.74, 6) is -2.75. The summed E-state index contributed by atoms with van der Waals surface area (Å²) in [7, 11) is -4.10. The molecule has 116 valence electrons. The van der Waals surface area contributed by atoms with Crippen LogP contribution in [0.5, 0.6) is 5.75 Å². The number of hydrogen-bond donors (Lipinski definition) is 3. The van der Waals surface area contributed by atoms with Crippen LogP contribution in [-0.4, -0.2) is 43.7 Å². The number of ether oxygens (including phenoxy) is 1. The molecular formula is C12H15NO7S. The van der Waals surface area contributed by atoms with E-state index in [9.17, 15) is 23.1 Å². The van der Waals surface area contributed by atoms with Crippen LogP contribution in [0.2, 0.25) is 0 Å². The van der Waals surface area contributed by atoms with Gasteiger partial charge in [0.1, 0.15) is 17.9 Å². The van der Waals surface area contributed by atoms with E-state index in [2.05, 4.69) is 4.74 Å². The fourth-order valence-corrected chi connectivity index (χ4v) is 2.80. The number of carboxylic acid groups (broad SMARTS) is 1. The molecule has 0 saturated heterocycles. The zero-order valence-electron chi connectivity index (χ0n) is 11.4. The van der Waals surface area contributed by atoms with Crippen LogP contribution >= 0.6 is 0 Å². The molecule has 0 amide bonds. The molecule has 0 aliphatic carbocycles. The van der Waals surface area contributed by atoms with Gasteiger partial charge in [0.2, 0.25) is 10.0 Å². The number of carboxylic acids is 1. The molecule has 3 N–H and O–H groups in total. The Kier molecular flexibility index (Phi) is 5.28. The third-order valence-electron chi connectivity index (χ3n) is 2.53. The predicted octanol–water partition coefficient (Wildman–Crippen LogP) is 0.240. The van der Waals surface area contributed by atoms with E-state index in [4.69, 9.17) is 5.11 Å². The lowest BCUT2D eigenvalue weighted by molar-refractivity contribution is -0.141. The Morgan fingerprint density at radius 1 is 1.33 bits per heavy atom. The van der Waals surface area contributed by atoms with Gasteiger partial charge in [0.15, 0.2) is 0 Å². The van der Waals surface area contributed by atoms with Crippen molar-refractivity contribution in [2.75, 3.05) is 13.2 Å². The van der Waals surface area contributed by atoms with Crippen molar-refractivity contribution in [3.05, 3.63) is 23.3 Å². The molecule has 8 nitrogen and oxygen atoms in total. The Hall–Kier alpha value is -2.13. The van der Waals surface area contributed by atoms with E-state index >= 15 is 0 Å². The van der Waals surface area contributed by atoms with E-state index in [1.807, 2.05) is 4.72 Å². The molecule has 0 spiro atoms. The highest BCUT2D eigenvalue weighted by molar-refractivity contribution is 7.89. The van der Waals surface area contributed by atoms with Gasteiger partial charge in [-0.3, -0.25) is 4.79 Å². The second-order valence-corrected chi connectivity index (χ2v) is 5.80. The molecule has 1 aromatic carbocycles. The number of nitrogens with one attached hydrogen (secondary N) is 1. The van der Waals surface area contributed by atoms with Gasteiger partial charge >= 0.3 is 11.9 Å². The molecule has 1 aromatic rings. The van der Waals surface area contributed by atoms with Gasteiger partial charge in [-0.25, -0.2) is 13.2 Å². The summed E-state index contributed by atoms with van der Waals surface area (Å²) >= 11 is 0. The van der Waals surface area contributed by atoms with E-state index in [0.717, 1.165) is 12.1 Å². The molecule has 0 heterocycles. The summed E-state index contributed by atoms with van der Waals surface area (Å²) in [6.07, 6.45) is 0. The average Bonchev–Trinajstić information content (AvgIpc) is 2.36. The highest BCUT2D eigenvalue weighted by Crippen LogP contribution is 2.25. The smallest absolute Gasteiger partial charge is 0.339 e. The fourth-order valence-electron chi connectivity index (χ4n) is 1.58. The molecule has 0 aliphatic heterocycles. The Morgan fingerprint density at radius 3 is 2.48 bits per heavy atom. The van der Waals surface area contributed by atoms with Crippen LogP contribution in [0.1, 0.15) is 22.8 Å². The molecule has 0 saturated carbocycles. The number of benzene rings is 1. The maximum Gasteiger partial charge on any atom is 0.339 e. The number of esters is 1. The first-order valence-corrected chi connectivity index (χ1v) is 7.39. The van der Waals surface area contributed by atoms with E-state index in [-0.39, 0.29) is 17.1 Å². The molecular weight excluding hydrogens is 302 g/mol. The van der Waals surface area contributed by atoms with Crippen molar-refractivity contribution in [1.29, 1.82) is 0 Å². The van der Waals surface area contributed by atoms with Gasteiger partial charge in [-0.05, 0) is 31.5 Å². The van der Waals surface area contributed by atoms with Crippen LogP contribution in [0.4, 0.5) is 0 Å². The Labute approximate surface area is 121 Å². The van der Waals surface area contributed by atoms with Crippen molar-refractivity contribution in [3.63, 3.8) is 0 Å². The van der Waals surface area contributed by atoms with Crippen LogP contribution in [0, 0.1) is 6.92 Å². The quantitative estimate of drug-likeness (QED) is 0.641. The molecule has 21 heavy (non-hydrogen) atoms. The number of aryl methyl sites for hydroxylation is 1. The zero-order valence-corrected chi connectivity index (χ0v) is 12.2. The third-order valence-corrected chi connectivity index (χ3v) is 4.07. The summed E-state index contributed by atoms with van der Waals surface area (Å²) in [6, 6.07) is 1.86. The first-order chi connectivity index (χ1) is 9.69. The molecule has 0 unspecified atom stereocenters. The summed E-state index contributed by atoms with van der Waals surface area (Å²) in [4.78, 5) is 21.7. The molecule has 0 aliphatic rings. The Balaban J connectivity index is 3.11. The monoisotopic (exact) mass is 317 g/mol. The Bertz CT molecular complexity index is 666. The van der Waals surface area contributed by atoms with Crippen molar-refractivity contribution in [2.45, 2.75) is 18.7 Å². The van der Waals surface area contributed by atoms with Gasteiger partial charge < -0.3 is 14.9 Å². The first-order valence-electron chi connectivity index (χ1n) is 5.91. The number of aromatic hydroxyl groups is 1. The molecule has 0 aromatic heterocycles. The minimum atomic E-state index is -4.10. The lowest BCUT2D eigenvalue weighted by atomic mass is 10.1. The van der Waals surface area contributed by atoms with Crippen molar-refractivity contribution < 1.29 is 33.0 Å². The van der Waals surface area contributed by atoms with Gasteiger partial charge in [0.05, 0.1) is 11.5 Å². The maximum atomic E-state index is 12.1. The largest absolute Gasteiger partial charge is 0.507 e. The number of carbonyl (C=O) groups excluding carboxylic acids is 1. The molecule has 0 bridgehead atoms. The lowest BCUT2D eigenvalue weighted by Crippen LogP contribution is -2.31. The molecule has 0 radical (unpaired) electrons. The number of carbonyl (C=O) groups is 2. The second-order valence-electron chi connectivity index (χ2n) is 4.07. The van der Waals surface area contributed by atoms with Crippen molar-refractivity contribution in [3.8, 4) is 5.75 Å². The minimum Gasteiger partial charge on any atom is -0.507 e. The maximum absolute atomic E-state index is 12.1. The molecule has 9 heteroatoms. The number of hydrogen-bond acceptors (Lipinski definition) is 6. The molecule has 0 atom stereocenters. The van der Waals surface area contributed by atoms with Crippen LogP contribution < -0.4 is 4.72 Å². The molecule has 1 rings (SSSR count). The van der Waals surface area contributed by atoms with Gasteiger partial charge in [0.25, 0.3) is 0 Å². The number of rotatable bonds is 6. The van der Waals surface area contributed by atoms with Gasteiger partial charge in [-0.15, -0.1) is 0 Å². The minimum absolute atomic E-state index is 0.113. The van der Waals surface area contributed by atoms with Gasteiger partial charge in [-0.2, -0.15) is 4.72 Å². The summed E-state index contributed by atoms with van der Waals surface area (Å²) in [6.45, 7) is 2.51. The highest BCUT2D eigenvalue weighted by atomic mass is 32.2. The lowest BCUT2D eigenvalue weighted by Gasteiger charge is -2.11. The van der Waals surface area contributed by atoms with E-state index in [0.29, 0.717) is 0 Å². The average molecular weight is 317 g/mol. The van der Waals surface area contributed by atoms with Gasteiger partial charge in [0, 0.05) is 0 Å². The second kappa shape index (κ2) is 6.55. The van der Waals surface area contributed by atoms with Crippen LogP contribution in [0.25, 0.3) is 0 Å². The zero-order chi connectivity index (χ0) is 16.2. The highest BCUT2D eigenvalue weighted by Gasteiger charge is 2.22.